The number of ether oxygens (including phenoxy) is 1. The Bertz CT molecular complexity index is 531. The lowest BCUT2D eigenvalue weighted by atomic mass is 9.93. The first-order chi connectivity index (χ1) is 9.47. The van der Waals surface area contributed by atoms with E-state index in [0.717, 1.165) is 42.6 Å². The number of amides is 1. The van der Waals surface area contributed by atoms with Crippen molar-refractivity contribution in [1.82, 2.24) is 4.90 Å². The molecule has 1 amide bonds. The van der Waals surface area contributed by atoms with E-state index in [1.165, 1.54) is 12.0 Å². The van der Waals surface area contributed by atoms with E-state index in [-0.39, 0.29) is 11.8 Å². The molecule has 0 radical (unpaired) electrons. The van der Waals surface area contributed by atoms with Gasteiger partial charge >= 0.3 is 5.97 Å². The number of nitrogen functional groups attached to an aromatic ring is 1. The fourth-order valence-electron chi connectivity index (χ4n) is 2.75. The van der Waals surface area contributed by atoms with Gasteiger partial charge in [-0.1, -0.05) is 12.8 Å². The summed E-state index contributed by atoms with van der Waals surface area (Å²) < 4.78 is 4.84. The number of hydrogen-bond donors (Lipinski definition) is 1. The molecule has 0 unspecified atom stereocenters. The van der Waals surface area contributed by atoms with Crippen molar-refractivity contribution in [3.05, 3.63) is 16.0 Å². The van der Waals surface area contributed by atoms with Gasteiger partial charge in [-0.05, 0) is 24.3 Å². The minimum Gasteiger partial charge on any atom is -0.465 e. The Balaban J connectivity index is 2.57. The van der Waals surface area contributed by atoms with E-state index in [1.54, 1.807) is 14.1 Å². The van der Waals surface area contributed by atoms with Crippen LogP contribution in [-0.2, 0) is 4.74 Å². The summed E-state index contributed by atoms with van der Waals surface area (Å²) >= 11 is 1.16. The number of carbonyl (C=O) groups excluding carboxylic acids is 2. The van der Waals surface area contributed by atoms with Crippen molar-refractivity contribution < 1.29 is 14.3 Å². The highest BCUT2D eigenvalue weighted by Crippen LogP contribution is 2.43. The van der Waals surface area contributed by atoms with Crippen LogP contribution in [0.2, 0.25) is 0 Å². The molecule has 1 saturated carbocycles. The molecule has 1 heterocycles. The van der Waals surface area contributed by atoms with E-state index < -0.39 is 5.97 Å². The Kier molecular flexibility index (Phi) is 4.32. The highest BCUT2D eigenvalue weighted by atomic mass is 32.1. The Morgan fingerprint density at radius 1 is 1.30 bits per heavy atom. The third-order valence-corrected chi connectivity index (χ3v) is 4.74. The summed E-state index contributed by atoms with van der Waals surface area (Å²) in [6.07, 6.45) is 4.23. The normalized spacial score (nSPS) is 15.3. The van der Waals surface area contributed by atoms with Crippen LogP contribution in [0.1, 0.15) is 57.2 Å². The lowest BCUT2D eigenvalue weighted by Crippen LogP contribution is -2.24. The first-order valence-corrected chi connectivity index (χ1v) is 7.51. The zero-order chi connectivity index (χ0) is 14.9. The topological polar surface area (TPSA) is 72.6 Å². The molecule has 6 heteroatoms. The monoisotopic (exact) mass is 296 g/mol. The summed E-state index contributed by atoms with van der Waals surface area (Å²) in [5.41, 5.74) is 7.30. The van der Waals surface area contributed by atoms with Gasteiger partial charge in [0.1, 0.15) is 4.88 Å². The number of carbonyl (C=O) groups is 2. The number of nitrogens with two attached hydrogens (primary N) is 1. The van der Waals surface area contributed by atoms with Crippen LogP contribution in [0, 0.1) is 0 Å². The van der Waals surface area contributed by atoms with E-state index in [2.05, 4.69) is 0 Å². The summed E-state index contributed by atoms with van der Waals surface area (Å²) in [7, 11) is 4.73. The molecule has 5 nitrogen and oxygen atoms in total. The number of hydrogen-bond acceptors (Lipinski definition) is 5. The average molecular weight is 296 g/mol. The van der Waals surface area contributed by atoms with Gasteiger partial charge in [-0.25, -0.2) is 4.79 Å². The van der Waals surface area contributed by atoms with Gasteiger partial charge < -0.3 is 15.4 Å². The minimum absolute atomic E-state index is 0.143. The van der Waals surface area contributed by atoms with Gasteiger partial charge in [0.15, 0.2) is 0 Å². The lowest BCUT2D eigenvalue weighted by molar-refractivity contribution is 0.0604. The smallest absolute Gasteiger partial charge is 0.348 e. The standard InChI is InChI=1S/C14H20N2O3S/c1-16(2)13(17)10-9(8-6-4-5-7-8)11(14(18)19-3)20-12(10)15/h8H,4-7,15H2,1-3H3. The molecule has 1 aliphatic rings. The van der Waals surface area contributed by atoms with Crippen molar-refractivity contribution >= 4 is 28.2 Å². The maximum Gasteiger partial charge on any atom is 0.348 e. The van der Waals surface area contributed by atoms with E-state index in [9.17, 15) is 9.59 Å². The van der Waals surface area contributed by atoms with Gasteiger partial charge in [0.2, 0.25) is 0 Å². The number of esters is 1. The first kappa shape index (κ1) is 14.8. The fourth-order valence-corrected chi connectivity index (χ4v) is 3.82. The van der Waals surface area contributed by atoms with Gasteiger partial charge in [0.05, 0.1) is 17.7 Å². The van der Waals surface area contributed by atoms with Crippen molar-refractivity contribution in [3.8, 4) is 0 Å². The SMILES string of the molecule is COC(=O)c1sc(N)c(C(=O)N(C)C)c1C1CCCC1. The largest absolute Gasteiger partial charge is 0.465 e. The quantitative estimate of drug-likeness (QED) is 0.870. The van der Waals surface area contributed by atoms with Crippen LogP contribution in [-0.4, -0.2) is 38.0 Å². The molecule has 1 aromatic heterocycles. The fraction of sp³-hybridized carbons (Fsp3) is 0.571. The predicted molar refractivity (Wildman–Crippen MR) is 79.3 cm³/mol. The number of rotatable bonds is 3. The van der Waals surface area contributed by atoms with Gasteiger partial charge in [0, 0.05) is 14.1 Å². The molecule has 0 saturated heterocycles. The number of methoxy groups -OCH3 is 1. The molecule has 0 aliphatic heterocycles. The minimum atomic E-state index is -0.401. The molecule has 0 aromatic carbocycles. The van der Waals surface area contributed by atoms with Gasteiger partial charge in [0.25, 0.3) is 5.91 Å². The van der Waals surface area contributed by atoms with Crippen LogP contribution in [0.15, 0.2) is 0 Å². The average Bonchev–Trinajstić information content (AvgIpc) is 3.03. The van der Waals surface area contributed by atoms with Crippen molar-refractivity contribution in [1.29, 1.82) is 0 Å². The van der Waals surface area contributed by atoms with Crippen LogP contribution in [0.25, 0.3) is 0 Å². The Labute approximate surface area is 122 Å². The van der Waals surface area contributed by atoms with Crippen molar-refractivity contribution in [2.75, 3.05) is 26.9 Å². The molecule has 0 atom stereocenters. The Morgan fingerprint density at radius 3 is 2.40 bits per heavy atom. The second-order valence-electron chi connectivity index (χ2n) is 5.26. The van der Waals surface area contributed by atoms with Crippen LogP contribution < -0.4 is 5.73 Å². The lowest BCUT2D eigenvalue weighted by Gasteiger charge is -2.16. The van der Waals surface area contributed by atoms with Gasteiger partial charge in [-0.3, -0.25) is 4.79 Å². The third kappa shape index (κ3) is 2.52. The highest BCUT2D eigenvalue weighted by molar-refractivity contribution is 7.18. The zero-order valence-electron chi connectivity index (χ0n) is 12.1. The van der Waals surface area contributed by atoms with E-state index in [0.29, 0.717) is 15.4 Å². The molecule has 1 aromatic rings. The summed E-state index contributed by atoms with van der Waals surface area (Å²) in [5, 5.41) is 0.408. The Morgan fingerprint density at radius 2 is 1.90 bits per heavy atom. The molecule has 1 aliphatic carbocycles. The molecule has 1 fully saturated rings. The van der Waals surface area contributed by atoms with Crippen LogP contribution in [0.3, 0.4) is 0 Å². The Hall–Kier alpha value is -1.56. The van der Waals surface area contributed by atoms with E-state index in [4.69, 9.17) is 10.5 Å². The molecule has 2 N–H and O–H groups in total. The number of thiophene rings is 1. The summed E-state index contributed by atoms with van der Waals surface area (Å²) in [6.45, 7) is 0. The third-order valence-electron chi connectivity index (χ3n) is 3.73. The first-order valence-electron chi connectivity index (χ1n) is 6.69. The zero-order valence-corrected chi connectivity index (χ0v) is 12.9. The van der Waals surface area contributed by atoms with Gasteiger partial charge in [-0.2, -0.15) is 0 Å². The van der Waals surface area contributed by atoms with Gasteiger partial charge in [-0.15, -0.1) is 11.3 Å². The maximum absolute atomic E-state index is 12.4. The maximum atomic E-state index is 12.4. The predicted octanol–water partition coefficient (Wildman–Crippen LogP) is 2.48. The second kappa shape index (κ2) is 5.83. The number of nitrogens with zero attached hydrogens (tertiary/aromatic N) is 1. The van der Waals surface area contributed by atoms with Crippen molar-refractivity contribution in [3.63, 3.8) is 0 Å². The molecular formula is C14H20N2O3S. The molecule has 110 valence electrons. The molecule has 0 spiro atoms. The van der Waals surface area contributed by atoms with Crippen molar-refractivity contribution in [2.24, 2.45) is 0 Å². The highest BCUT2D eigenvalue weighted by Gasteiger charge is 2.33. The van der Waals surface area contributed by atoms with E-state index >= 15 is 0 Å². The molecule has 20 heavy (non-hydrogen) atoms. The van der Waals surface area contributed by atoms with Crippen LogP contribution >= 0.6 is 11.3 Å². The summed E-state index contributed by atoms with van der Waals surface area (Å²) in [5.74, 6) is -0.311. The van der Waals surface area contributed by atoms with Crippen LogP contribution in [0.5, 0.6) is 0 Å². The second-order valence-corrected chi connectivity index (χ2v) is 6.31. The van der Waals surface area contributed by atoms with Crippen LogP contribution in [0.4, 0.5) is 5.00 Å². The summed E-state index contributed by atoms with van der Waals surface area (Å²) in [4.78, 5) is 26.3. The molecule has 2 rings (SSSR count). The summed E-state index contributed by atoms with van der Waals surface area (Å²) in [6, 6.07) is 0. The number of anilines is 1. The molecule has 0 bridgehead atoms. The van der Waals surface area contributed by atoms with E-state index in [1.807, 2.05) is 0 Å². The van der Waals surface area contributed by atoms with Crippen molar-refractivity contribution in [2.45, 2.75) is 31.6 Å². The molecular weight excluding hydrogens is 276 g/mol.